The zero-order chi connectivity index (χ0) is 15.4. The molecule has 0 amide bonds. The molecule has 1 aromatic carbocycles. The summed E-state index contributed by atoms with van der Waals surface area (Å²) in [6, 6.07) is 3.00. The fourth-order valence-corrected chi connectivity index (χ4v) is 2.65. The predicted molar refractivity (Wildman–Crippen MR) is 69.5 cm³/mol. The standard InChI is InChI=1S/C14H10ClF3O3/c15-8-3-7-4-10(13(19)20)12(14(16,17)18)21-11(7)9(5-8)6-1-2-6/h3-6,12H,1-2H2,(H,19,20). The summed E-state index contributed by atoms with van der Waals surface area (Å²) < 4.78 is 44.1. The van der Waals surface area contributed by atoms with E-state index in [1.54, 1.807) is 6.07 Å². The third kappa shape index (κ3) is 2.60. The van der Waals surface area contributed by atoms with Crippen molar-refractivity contribution in [3.63, 3.8) is 0 Å². The molecule has 0 bridgehead atoms. The predicted octanol–water partition coefficient (Wildman–Crippen LogP) is 4.01. The molecule has 21 heavy (non-hydrogen) atoms. The Hall–Kier alpha value is -1.69. The number of hydrogen-bond acceptors (Lipinski definition) is 2. The maximum Gasteiger partial charge on any atom is 0.430 e. The van der Waals surface area contributed by atoms with E-state index in [1.807, 2.05) is 0 Å². The third-order valence-electron chi connectivity index (χ3n) is 3.50. The highest BCUT2D eigenvalue weighted by atomic mass is 35.5. The number of carboxylic acid groups (broad SMARTS) is 1. The molecule has 0 saturated heterocycles. The molecule has 3 nitrogen and oxygen atoms in total. The van der Waals surface area contributed by atoms with Crippen LogP contribution in [0.2, 0.25) is 5.02 Å². The van der Waals surface area contributed by atoms with Gasteiger partial charge in [0.15, 0.2) is 0 Å². The molecule has 1 fully saturated rings. The number of rotatable bonds is 2. The molecule has 3 rings (SSSR count). The number of aliphatic carboxylic acids is 1. The van der Waals surface area contributed by atoms with Gasteiger partial charge in [-0.1, -0.05) is 11.6 Å². The molecule has 1 heterocycles. The molecule has 1 saturated carbocycles. The molecule has 0 spiro atoms. The Bertz CT molecular complexity index is 648. The Morgan fingerprint density at radius 2 is 2.00 bits per heavy atom. The highest BCUT2D eigenvalue weighted by molar-refractivity contribution is 6.31. The Morgan fingerprint density at radius 3 is 2.52 bits per heavy atom. The molecular weight excluding hydrogens is 309 g/mol. The summed E-state index contributed by atoms with van der Waals surface area (Å²) in [6.45, 7) is 0. The fourth-order valence-electron chi connectivity index (χ4n) is 2.42. The van der Waals surface area contributed by atoms with Gasteiger partial charge < -0.3 is 9.84 Å². The molecule has 1 aliphatic heterocycles. The first-order chi connectivity index (χ1) is 9.77. The van der Waals surface area contributed by atoms with Gasteiger partial charge in [-0.2, -0.15) is 13.2 Å². The molecule has 1 aromatic rings. The second-order valence-electron chi connectivity index (χ2n) is 5.13. The van der Waals surface area contributed by atoms with E-state index >= 15 is 0 Å². The molecule has 1 N–H and O–H groups in total. The lowest BCUT2D eigenvalue weighted by Crippen LogP contribution is -2.40. The lowest BCUT2D eigenvalue weighted by Gasteiger charge is -2.28. The normalized spacial score (nSPS) is 21.3. The van der Waals surface area contributed by atoms with Crippen LogP contribution in [0, 0.1) is 0 Å². The third-order valence-corrected chi connectivity index (χ3v) is 3.72. The number of ether oxygens (including phenoxy) is 1. The van der Waals surface area contributed by atoms with Crippen LogP contribution in [0.15, 0.2) is 17.7 Å². The van der Waals surface area contributed by atoms with Crippen molar-refractivity contribution >= 4 is 23.6 Å². The molecule has 1 unspecified atom stereocenters. The first kappa shape index (κ1) is 14.3. The van der Waals surface area contributed by atoms with E-state index in [9.17, 15) is 18.0 Å². The van der Waals surface area contributed by atoms with Crippen LogP contribution in [-0.4, -0.2) is 23.4 Å². The highest BCUT2D eigenvalue weighted by Crippen LogP contribution is 2.49. The van der Waals surface area contributed by atoms with Gasteiger partial charge in [-0.15, -0.1) is 0 Å². The Balaban J connectivity index is 2.15. The van der Waals surface area contributed by atoms with Crippen molar-refractivity contribution in [2.24, 2.45) is 0 Å². The Labute approximate surface area is 123 Å². The number of carbonyl (C=O) groups is 1. The molecular formula is C14H10ClF3O3. The second-order valence-corrected chi connectivity index (χ2v) is 5.57. The quantitative estimate of drug-likeness (QED) is 0.896. The number of alkyl halides is 3. The van der Waals surface area contributed by atoms with E-state index in [1.165, 1.54) is 6.07 Å². The average Bonchev–Trinajstić information content (AvgIpc) is 3.19. The summed E-state index contributed by atoms with van der Waals surface area (Å²) in [5, 5.41) is 9.33. The minimum atomic E-state index is -4.79. The second kappa shape index (κ2) is 4.66. The fraction of sp³-hybridized carbons (Fsp3) is 0.357. The minimum Gasteiger partial charge on any atom is -0.478 e. The Morgan fingerprint density at radius 1 is 1.33 bits per heavy atom. The van der Waals surface area contributed by atoms with E-state index in [0.29, 0.717) is 10.6 Å². The van der Waals surface area contributed by atoms with Crippen LogP contribution >= 0.6 is 11.6 Å². The van der Waals surface area contributed by atoms with Crippen LogP contribution in [0.1, 0.15) is 29.9 Å². The average molecular weight is 319 g/mol. The monoisotopic (exact) mass is 318 g/mol. The summed E-state index contributed by atoms with van der Waals surface area (Å²) in [5.74, 6) is -1.43. The van der Waals surface area contributed by atoms with Crippen molar-refractivity contribution in [1.82, 2.24) is 0 Å². The van der Waals surface area contributed by atoms with Gasteiger partial charge in [0.05, 0.1) is 5.57 Å². The largest absolute Gasteiger partial charge is 0.478 e. The van der Waals surface area contributed by atoms with Crippen LogP contribution in [0.3, 0.4) is 0 Å². The van der Waals surface area contributed by atoms with Gasteiger partial charge in [0.25, 0.3) is 0 Å². The zero-order valence-corrected chi connectivity index (χ0v) is 11.3. The van der Waals surface area contributed by atoms with E-state index < -0.39 is 23.8 Å². The van der Waals surface area contributed by atoms with Crippen LogP contribution < -0.4 is 4.74 Å². The van der Waals surface area contributed by atoms with Crippen molar-refractivity contribution in [3.05, 3.63) is 33.9 Å². The number of hydrogen-bond donors (Lipinski definition) is 1. The summed E-state index contributed by atoms with van der Waals surface area (Å²) in [6.07, 6.45) is -4.52. The van der Waals surface area contributed by atoms with Crippen molar-refractivity contribution in [1.29, 1.82) is 0 Å². The first-order valence-corrected chi connectivity index (χ1v) is 6.67. The van der Waals surface area contributed by atoms with Crippen LogP contribution in [0.25, 0.3) is 6.08 Å². The number of halogens is 4. The van der Waals surface area contributed by atoms with Crippen molar-refractivity contribution in [2.45, 2.75) is 31.0 Å². The van der Waals surface area contributed by atoms with E-state index in [4.69, 9.17) is 21.4 Å². The van der Waals surface area contributed by atoms with Crippen LogP contribution in [0.4, 0.5) is 13.2 Å². The van der Waals surface area contributed by atoms with E-state index in [2.05, 4.69) is 0 Å². The first-order valence-electron chi connectivity index (χ1n) is 6.29. The number of fused-ring (bicyclic) bond motifs is 1. The molecule has 7 heteroatoms. The summed E-state index contributed by atoms with van der Waals surface area (Å²) in [5.41, 5.74) is 0.0637. The molecule has 2 aliphatic rings. The van der Waals surface area contributed by atoms with Crippen molar-refractivity contribution in [2.75, 3.05) is 0 Å². The minimum absolute atomic E-state index is 0.0919. The van der Waals surface area contributed by atoms with E-state index in [-0.39, 0.29) is 17.2 Å². The van der Waals surface area contributed by atoms with Gasteiger partial charge in [0, 0.05) is 10.6 Å². The summed E-state index contributed by atoms with van der Waals surface area (Å²) in [7, 11) is 0. The van der Waals surface area contributed by atoms with Crippen LogP contribution in [0.5, 0.6) is 5.75 Å². The summed E-state index contributed by atoms with van der Waals surface area (Å²) in [4.78, 5) is 11.1. The Kier molecular flexibility index (Phi) is 3.16. The zero-order valence-electron chi connectivity index (χ0n) is 10.6. The maximum absolute atomic E-state index is 13.0. The molecule has 1 atom stereocenters. The maximum atomic E-state index is 13.0. The molecule has 0 radical (unpaired) electrons. The van der Waals surface area contributed by atoms with Gasteiger partial charge in [0.1, 0.15) is 5.75 Å². The lowest BCUT2D eigenvalue weighted by atomic mass is 9.97. The lowest BCUT2D eigenvalue weighted by molar-refractivity contribution is -0.187. The summed E-state index contributed by atoms with van der Waals surface area (Å²) >= 11 is 5.95. The highest BCUT2D eigenvalue weighted by Gasteiger charge is 2.49. The smallest absolute Gasteiger partial charge is 0.430 e. The van der Waals surface area contributed by atoms with Gasteiger partial charge >= 0.3 is 12.1 Å². The molecule has 0 aromatic heterocycles. The number of carboxylic acids is 1. The SMILES string of the molecule is O=C(O)C1=Cc2cc(Cl)cc(C3CC3)c2OC1C(F)(F)F. The molecule has 1 aliphatic carbocycles. The van der Waals surface area contributed by atoms with Gasteiger partial charge in [0.2, 0.25) is 6.10 Å². The number of benzene rings is 1. The van der Waals surface area contributed by atoms with Crippen molar-refractivity contribution < 1.29 is 27.8 Å². The topological polar surface area (TPSA) is 46.5 Å². The molecule has 112 valence electrons. The van der Waals surface area contributed by atoms with Gasteiger partial charge in [-0.3, -0.25) is 0 Å². The van der Waals surface area contributed by atoms with Crippen LogP contribution in [-0.2, 0) is 4.79 Å². The van der Waals surface area contributed by atoms with Gasteiger partial charge in [-0.05, 0) is 42.5 Å². The van der Waals surface area contributed by atoms with Crippen molar-refractivity contribution in [3.8, 4) is 5.75 Å². The van der Waals surface area contributed by atoms with Gasteiger partial charge in [-0.25, -0.2) is 4.79 Å². The van der Waals surface area contributed by atoms with E-state index in [0.717, 1.165) is 18.9 Å².